The highest BCUT2D eigenvalue weighted by Crippen LogP contribution is 2.67. The van der Waals surface area contributed by atoms with Crippen LogP contribution in [0.4, 0.5) is 0 Å². The summed E-state index contributed by atoms with van der Waals surface area (Å²) in [5.74, 6) is 4.08. The summed E-state index contributed by atoms with van der Waals surface area (Å²) < 4.78 is 0. The molecule has 0 spiro atoms. The first kappa shape index (κ1) is 9.46. The summed E-state index contributed by atoms with van der Waals surface area (Å²) in [7, 11) is 0. The molecule has 1 heterocycles. The largest absolute Gasteiger partial charge is 0.396 e. The van der Waals surface area contributed by atoms with Gasteiger partial charge in [-0.2, -0.15) is 0 Å². The van der Waals surface area contributed by atoms with Crippen molar-refractivity contribution in [1.82, 2.24) is 4.90 Å². The molecule has 5 unspecified atom stereocenters. The minimum absolute atomic E-state index is 0.178. The number of hydrogen-bond donors (Lipinski definition) is 1. The number of carbonyl (C=O) groups is 1. The average Bonchev–Trinajstić information content (AvgIpc) is 2.68. The molecule has 3 aliphatic carbocycles. The molecule has 0 aromatic rings. The van der Waals surface area contributed by atoms with Crippen LogP contribution in [-0.2, 0) is 4.79 Å². The van der Waals surface area contributed by atoms with Crippen molar-refractivity contribution in [2.24, 2.45) is 29.6 Å². The quantitative estimate of drug-likeness (QED) is 0.751. The van der Waals surface area contributed by atoms with Crippen molar-refractivity contribution < 1.29 is 9.90 Å². The summed E-state index contributed by atoms with van der Waals surface area (Å²) in [5, 5.41) is 9.14. The lowest BCUT2D eigenvalue weighted by molar-refractivity contribution is -0.128. The van der Waals surface area contributed by atoms with Crippen molar-refractivity contribution in [2.45, 2.75) is 31.7 Å². The maximum absolute atomic E-state index is 11.9. The molecule has 4 aliphatic rings. The van der Waals surface area contributed by atoms with E-state index in [9.17, 15) is 4.79 Å². The van der Waals surface area contributed by atoms with Crippen LogP contribution in [0, 0.1) is 29.6 Å². The molecule has 1 saturated heterocycles. The van der Waals surface area contributed by atoms with Crippen molar-refractivity contribution in [1.29, 1.82) is 0 Å². The summed E-state index contributed by atoms with van der Waals surface area (Å²) in [6.45, 7) is 1.00. The molecule has 3 nitrogen and oxygen atoms in total. The van der Waals surface area contributed by atoms with E-state index in [1.165, 1.54) is 19.3 Å². The van der Waals surface area contributed by atoms with Gasteiger partial charge in [0.15, 0.2) is 0 Å². The molecule has 88 valence electrons. The van der Waals surface area contributed by atoms with Gasteiger partial charge in [0.25, 0.3) is 0 Å². The highest BCUT2D eigenvalue weighted by molar-refractivity contribution is 5.79. The van der Waals surface area contributed by atoms with Gasteiger partial charge < -0.3 is 10.0 Å². The van der Waals surface area contributed by atoms with Crippen LogP contribution in [0.2, 0.25) is 0 Å². The molecule has 2 bridgehead atoms. The molecule has 4 rings (SSSR count). The van der Waals surface area contributed by atoms with E-state index in [0.717, 1.165) is 30.2 Å². The minimum Gasteiger partial charge on any atom is -0.396 e. The Bertz CT molecular complexity index is 327. The second-order valence-electron chi connectivity index (χ2n) is 6.28. The number of nitrogens with zero attached hydrogens (tertiary/aromatic N) is 1. The van der Waals surface area contributed by atoms with E-state index in [4.69, 9.17) is 5.11 Å². The van der Waals surface area contributed by atoms with Crippen molar-refractivity contribution >= 4 is 5.91 Å². The third-order valence-electron chi connectivity index (χ3n) is 5.55. The zero-order chi connectivity index (χ0) is 10.9. The zero-order valence-corrected chi connectivity index (χ0v) is 9.51. The van der Waals surface area contributed by atoms with Crippen LogP contribution in [0.3, 0.4) is 0 Å². The number of likely N-dealkylation sites (tertiary alicyclic amines) is 1. The van der Waals surface area contributed by atoms with Gasteiger partial charge in [-0.15, -0.1) is 0 Å². The van der Waals surface area contributed by atoms with Crippen LogP contribution in [0.1, 0.15) is 25.7 Å². The molecule has 0 aromatic carbocycles. The molecule has 0 radical (unpaired) electrons. The number of aliphatic hydroxyl groups excluding tert-OH is 1. The molecule has 5 atom stereocenters. The van der Waals surface area contributed by atoms with Gasteiger partial charge in [0.05, 0.1) is 0 Å². The molecule has 3 heteroatoms. The Hall–Kier alpha value is -0.570. The summed E-state index contributed by atoms with van der Waals surface area (Å²) in [5.41, 5.74) is 0. The molecular formula is C13H19NO2. The Labute approximate surface area is 95.8 Å². The SMILES string of the molecule is O=C1CC(CO)CN1C1C2C3CCC(C3)C21. The molecule has 16 heavy (non-hydrogen) atoms. The monoisotopic (exact) mass is 221 g/mol. The lowest BCUT2D eigenvalue weighted by Crippen LogP contribution is -2.32. The first-order valence-corrected chi connectivity index (χ1v) is 6.70. The van der Waals surface area contributed by atoms with Gasteiger partial charge in [-0.1, -0.05) is 0 Å². The topological polar surface area (TPSA) is 40.5 Å². The van der Waals surface area contributed by atoms with Crippen LogP contribution < -0.4 is 0 Å². The second kappa shape index (κ2) is 3.00. The van der Waals surface area contributed by atoms with Gasteiger partial charge in [-0.05, 0) is 42.9 Å². The van der Waals surface area contributed by atoms with E-state index >= 15 is 0 Å². The second-order valence-corrected chi connectivity index (χ2v) is 6.28. The van der Waals surface area contributed by atoms with Gasteiger partial charge in [0.1, 0.15) is 0 Å². The van der Waals surface area contributed by atoms with Crippen LogP contribution in [0.5, 0.6) is 0 Å². The highest BCUT2D eigenvalue weighted by atomic mass is 16.3. The molecule has 0 aromatic heterocycles. The van der Waals surface area contributed by atoms with Gasteiger partial charge in [-0.25, -0.2) is 0 Å². The predicted molar refractivity (Wildman–Crippen MR) is 58.5 cm³/mol. The number of carbonyl (C=O) groups excluding carboxylic acids is 1. The summed E-state index contributed by atoms with van der Waals surface area (Å²) >= 11 is 0. The smallest absolute Gasteiger partial charge is 0.223 e. The lowest BCUT2D eigenvalue weighted by atomic mass is 10.0. The van der Waals surface area contributed by atoms with Crippen molar-refractivity contribution in [3.8, 4) is 0 Å². The predicted octanol–water partition coefficient (Wildman–Crippen LogP) is 0.872. The average molecular weight is 221 g/mol. The minimum atomic E-state index is 0.178. The van der Waals surface area contributed by atoms with Gasteiger partial charge in [-0.3, -0.25) is 4.79 Å². The van der Waals surface area contributed by atoms with Crippen molar-refractivity contribution in [2.75, 3.05) is 13.2 Å². The summed E-state index contributed by atoms with van der Waals surface area (Å²) in [6.07, 6.45) is 4.85. The van der Waals surface area contributed by atoms with E-state index in [0.29, 0.717) is 18.4 Å². The summed E-state index contributed by atoms with van der Waals surface area (Å²) in [4.78, 5) is 14.0. The molecular weight excluding hydrogens is 202 g/mol. The van der Waals surface area contributed by atoms with E-state index in [1.54, 1.807) is 0 Å². The van der Waals surface area contributed by atoms with E-state index in [2.05, 4.69) is 4.90 Å². The summed E-state index contributed by atoms with van der Waals surface area (Å²) in [6, 6.07) is 0.579. The first-order chi connectivity index (χ1) is 7.79. The maximum Gasteiger partial charge on any atom is 0.223 e. The van der Waals surface area contributed by atoms with Crippen LogP contribution in [0.25, 0.3) is 0 Å². The Morgan fingerprint density at radius 2 is 1.94 bits per heavy atom. The normalized spacial score (nSPS) is 53.6. The molecule has 4 fully saturated rings. The zero-order valence-electron chi connectivity index (χ0n) is 9.51. The number of hydrogen-bond acceptors (Lipinski definition) is 2. The standard InChI is InChI=1S/C13H19NO2/c15-6-7-3-10(16)14(5-7)13-11-8-1-2-9(4-8)12(11)13/h7-9,11-13,15H,1-6H2. The van der Waals surface area contributed by atoms with E-state index in [-0.39, 0.29) is 12.5 Å². The fraction of sp³-hybridized carbons (Fsp3) is 0.923. The Morgan fingerprint density at radius 3 is 2.50 bits per heavy atom. The highest BCUT2D eigenvalue weighted by Gasteiger charge is 2.67. The van der Waals surface area contributed by atoms with E-state index in [1.807, 2.05) is 0 Å². The van der Waals surface area contributed by atoms with Crippen molar-refractivity contribution in [3.05, 3.63) is 0 Å². The third-order valence-corrected chi connectivity index (χ3v) is 5.55. The Morgan fingerprint density at radius 1 is 1.25 bits per heavy atom. The van der Waals surface area contributed by atoms with Crippen LogP contribution >= 0.6 is 0 Å². The molecule has 3 saturated carbocycles. The van der Waals surface area contributed by atoms with Crippen molar-refractivity contribution in [3.63, 3.8) is 0 Å². The number of aliphatic hydroxyl groups is 1. The number of amides is 1. The van der Waals surface area contributed by atoms with E-state index < -0.39 is 0 Å². The molecule has 1 N–H and O–H groups in total. The number of rotatable bonds is 2. The van der Waals surface area contributed by atoms with Crippen LogP contribution in [0.15, 0.2) is 0 Å². The fourth-order valence-corrected chi connectivity index (χ4v) is 4.91. The lowest BCUT2D eigenvalue weighted by Gasteiger charge is -2.20. The molecule has 1 aliphatic heterocycles. The first-order valence-electron chi connectivity index (χ1n) is 6.70. The fourth-order valence-electron chi connectivity index (χ4n) is 4.91. The maximum atomic E-state index is 11.9. The van der Waals surface area contributed by atoms with Gasteiger partial charge >= 0.3 is 0 Å². The van der Waals surface area contributed by atoms with Gasteiger partial charge in [0.2, 0.25) is 5.91 Å². The Kier molecular flexibility index (Phi) is 1.78. The molecule has 1 amide bonds. The Balaban J connectivity index is 1.51. The third kappa shape index (κ3) is 1.05. The number of fused-ring (bicyclic) bond motifs is 5. The van der Waals surface area contributed by atoms with Gasteiger partial charge in [0, 0.05) is 31.5 Å². The van der Waals surface area contributed by atoms with Crippen LogP contribution in [-0.4, -0.2) is 35.1 Å².